The predicted octanol–water partition coefficient (Wildman–Crippen LogP) is 5.71. The molecule has 0 aromatic heterocycles. The van der Waals surface area contributed by atoms with Crippen molar-refractivity contribution in [3.63, 3.8) is 0 Å². The Hall–Kier alpha value is -3.35. The van der Waals surface area contributed by atoms with E-state index in [4.69, 9.17) is 4.74 Å². The van der Waals surface area contributed by atoms with Crippen LogP contribution < -0.4 is 10.6 Å². The Bertz CT molecular complexity index is 1090. The number of benzene rings is 2. The van der Waals surface area contributed by atoms with Crippen molar-refractivity contribution in [2.24, 2.45) is 0 Å². The number of nitrogens with one attached hydrogen (secondary N) is 2. The van der Waals surface area contributed by atoms with E-state index in [9.17, 15) is 14.4 Å². The van der Waals surface area contributed by atoms with E-state index < -0.39 is 29.3 Å². The van der Waals surface area contributed by atoms with E-state index >= 15 is 0 Å². The summed E-state index contributed by atoms with van der Waals surface area (Å²) in [6.07, 6.45) is 0.168. The maximum atomic E-state index is 14.5. The van der Waals surface area contributed by atoms with Crippen LogP contribution in [0.5, 0.6) is 0 Å². The summed E-state index contributed by atoms with van der Waals surface area (Å²) in [4.78, 5) is 42.8. The van der Waals surface area contributed by atoms with Gasteiger partial charge in [0, 0.05) is 18.0 Å². The second-order valence-electron chi connectivity index (χ2n) is 11.7. The fraction of sp³-hybridized carbons (Fsp3) is 0.516. The van der Waals surface area contributed by atoms with E-state index in [2.05, 4.69) is 10.6 Å². The number of rotatable bonds is 10. The highest BCUT2D eigenvalue weighted by Gasteiger charge is 2.43. The van der Waals surface area contributed by atoms with Crippen molar-refractivity contribution in [1.29, 1.82) is 0 Å². The van der Waals surface area contributed by atoms with Crippen LogP contribution in [-0.2, 0) is 20.7 Å². The molecule has 2 aromatic rings. The number of hydrogen-bond donors (Lipinski definition) is 2. The van der Waals surface area contributed by atoms with Crippen molar-refractivity contribution in [2.75, 3.05) is 0 Å². The van der Waals surface area contributed by atoms with Gasteiger partial charge in [0.2, 0.25) is 11.8 Å². The third kappa shape index (κ3) is 8.89. The number of hydrogen-bond acceptors (Lipinski definition) is 4. The lowest BCUT2D eigenvalue weighted by atomic mass is 9.90. The first-order valence-corrected chi connectivity index (χ1v) is 13.4. The van der Waals surface area contributed by atoms with Crippen LogP contribution in [0.1, 0.15) is 84.5 Å². The van der Waals surface area contributed by atoms with E-state index in [-0.39, 0.29) is 24.3 Å². The van der Waals surface area contributed by atoms with Crippen LogP contribution in [0.3, 0.4) is 0 Å². The Balaban J connectivity index is 2.64. The molecule has 0 saturated carbocycles. The van der Waals surface area contributed by atoms with E-state index in [0.717, 1.165) is 11.1 Å². The number of carbonyl (C=O) groups excluding carboxylic acids is 3. The molecule has 0 heterocycles. The molecule has 2 unspecified atom stereocenters. The molecule has 0 aliphatic heterocycles. The first-order valence-electron chi connectivity index (χ1n) is 13.4. The smallest absolute Gasteiger partial charge is 0.408 e. The van der Waals surface area contributed by atoms with Gasteiger partial charge in [-0.2, -0.15) is 0 Å². The van der Waals surface area contributed by atoms with Crippen LogP contribution in [-0.4, -0.2) is 46.0 Å². The van der Waals surface area contributed by atoms with Crippen LogP contribution in [0, 0.1) is 6.92 Å². The summed E-state index contributed by atoms with van der Waals surface area (Å²) < 4.78 is 5.51. The Kier molecular flexibility index (Phi) is 10.5. The van der Waals surface area contributed by atoms with Gasteiger partial charge >= 0.3 is 6.09 Å². The molecule has 2 aromatic carbocycles. The molecule has 7 nitrogen and oxygen atoms in total. The number of nitrogens with zero attached hydrogens (tertiary/aromatic N) is 1. The average molecular weight is 524 g/mol. The molecule has 0 spiro atoms. The molecule has 2 atom stereocenters. The van der Waals surface area contributed by atoms with Crippen molar-refractivity contribution < 1.29 is 19.1 Å². The van der Waals surface area contributed by atoms with E-state index in [1.54, 1.807) is 25.7 Å². The molecule has 2 N–H and O–H groups in total. The number of carbonyl (C=O) groups is 3. The first-order chi connectivity index (χ1) is 17.6. The lowest BCUT2D eigenvalue weighted by Gasteiger charge is -2.45. The summed E-state index contributed by atoms with van der Waals surface area (Å²) in [6.45, 7) is 17.0. The maximum Gasteiger partial charge on any atom is 0.408 e. The molecule has 0 saturated heterocycles. The summed E-state index contributed by atoms with van der Waals surface area (Å²) in [5.41, 5.74) is 1.15. The van der Waals surface area contributed by atoms with Crippen LogP contribution in [0.4, 0.5) is 4.79 Å². The highest BCUT2D eigenvalue weighted by molar-refractivity contribution is 5.93. The highest BCUT2D eigenvalue weighted by atomic mass is 16.6. The van der Waals surface area contributed by atoms with Gasteiger partial charge in [-0.05, 0) is 72.9 Å². The minimum absolute atomic E-state index is 0.114. The van der Waals surface area contributed by atoms with Gasteiger partial charge in [-0.1, -0.05) is 67.1 Å². The number of aryl methyl sites for hydroxylation is 1. The molecule has 0 bridgehead atoms. The van der Waals surface area contributed by atoms with Gasteiger partial charge in [-0.25, -0.2) is 4.79 Å². The molecule has 0 fully saturated rings. The van der Waals surface area contributed by atoms with Gasteiger partial charge in [0.05, 0.1) is 0 Å². The van der Waals surface area contributed by atoms with Crippen molar-refractivity contribution in [2.45, 2.75) is 104 Å². The standard InChI is InChI=1S/C31H45N3O4/c1-10-31(8,9)34(26(27(35)32-21(2)3)24-18-14-15-22(4)19-24)28(36)25(20-23-16-12-11-13-17-23)33-29(37)38-30(5,6)7/h11-19,21,25-26H,10,20H2,1-9H3,(H,32,35)(H,33,37). The predicted molar refractivity (Wildman–Crippen MR) is 152 cm³/mol. The summed E-state index contributed by atoms with van der Waals surface area (Å²) >= 11 is 0. The van der Waals surface area contributed by atoms with Crippen molar-refractivity contribution >= 4 is 17.9 Å². The van der Waals surface area contributed by atoms with Crippen LogP contribution >= 0.6 is 0 Å². The molecule has 38 heavy (non-hydrogen) atoms. The second-order valence-corrected chi connectivity index (χ2v) is 11.7. The van der Waals surface area contributed by atoms with E-state index in [1.807, 2.05) is 96.1 Å². The molecule has 208 valence electrons. The van der Waals surface area contributed by atoms with Gasteiger partial charge in [0.15, 0.2) is 0 Å². The number of ether oxygens (including phenoxy) is 1. The maximum absolute atomic E-state index is 14.5. The third-order valence-corrected chi connectivity index (χ3v) is 6.32. The summed E-state index contributed by atoms with van der Waals surface area (Å²) in [5, 5.41) is 5.82. The minimum atomic E-state index is -0.947. The molecule has 0 aliphatic rings. The lowest BCUT2D eigenvalue weighted by molar-refractivity contribution is -0.149. The normalized spacial score (nSPS) is 13.4. The topological polar surface area (TPSA) is 87.7 Å². The molecule has 3 amide bonds. The van der Waals surface area contributed by atoms with Gasteiger partial charge < -0.3 is 20.3 Å². The lowest BCUT2D eigenvalue weighted by Crippen LogP contribution is -2.60. The number of alkyl carbamates (subject to hydrolysis) is 1. The Morgan fingerprint density at radius 3 is 2.08 bits per heavy atom. The molecule has 2 rings (SSSR count). The monoisotopic (exact) mass is 523 g/mol. The van der Waals surface area contributed by atoms with Crippen molar-refractivity contribution in [3.8, 4) is 0 Å². The second kappa shape index (κ2) is 12.9. The van der Waals surface area contributed by atoms with Gasteiger partial charge in [-0.15, -0.1) is 0 Å². The summed E-state index contributed by atoms with van der Waals surface area (Å²) in [5.74, 6) is -0.617. The molecular weight excluding hydrogens is 478 g/mol. The van der Waals surface area contributed by atoms with Gasteiger partial charge in [0.25, 0.3) is 0 Å². The average Bonchev–Trinajstić information content (AvgIpc) is 2.80. The van der Waals surface area contributed by atoms with Crippen LogP contribution in [0.25, 0.3) is 0 Å². The quantitative estimate of drug-likeness (QED) is 0.417. The van der Waals surface area contributed by atoms with E-state index in [1.165, 1.54) is 0 Å². The van der Waals surface area contributed by atoms with Crippen molar-refractivity contribution in [1.82, 2.24) is 15.5 Å². The Morgan fingerprint density at radius 1 is 0.921 bits per heavy atom. The SMILES string of the molecule is CCC(C)(C)N(C(=O)C(Cc1ccccc1)NC(=O)OC(C)(C)C)C(C(=O)NC(C)C)c1cccc(C)c1. The zero-order valence-corrected chi connectivity index (χ0v) is 24.4. The molecule has 0 radical (unpaired) electrons. The Morgan fingerprint density at radius 2 is 1.55 bits per heavy atom. The van der Waals surface area contributed by atoms with E-state index in [0.29, 0.717) is 12.0 Å². The van der Waals surface area contributed by atoms with Crippen molar-refractivity contribution in [3.05, 3.63) is 71.3 Å². The van der Waals surface area contributed by atoms with Crippen LogP contribution in [0.15, 0.2) is 54.6 Å². The summed E-state index contributed by atoms with van der Waals surface area (Å²) in [7, 11) is 0. The van der Waals surface area contributed by atoms with Gasteiger partial charge in [0.1, 0.15) is 17.7 Å². The molecular formula is C31H45N3O4. The Labute approximate surface area is 228 Å². The summed E-state index contributed by atoms with van der Waals surface area (Å²) in [6, 6.07) is 15.2. The molecule has 7 heteroatoms. The fourth-order valence-electron chi connectivity index (χ4n) is 4.23. The third-order valence-electron chi connectivity index (χ3n) is 6.32. The zero-order valence-electron chi connectivity index (χ0n) is 24.4. The minimum Gasteiger partial charge on any atom is -0.444 e. The highest BCUT2D eigenvalue weighted by Crippen LogP contribution is 2.33. The first kappa shape index (κ1) is 30.9. The largest absolute Gasteiger partial charge is 0.444 e. The van der Waals surface area contributed by atoms with Gasteiger partial charge in [-0.3, -0.25) is 9.59 Å². The fourth-order valence-corrected chi connectivity index (χ4v) is 4.23. The van der Waals surface area contributed by atoms with Crippen LogP contribution in [0.2, 0.25) is 0 Å². The molecule has 0 aliphatic carbocycles. The zero-order chi connectivity index (χ0) is 28.7. The number of amides is 3.